The molecule has 0 aromatic heterocycles. The average molecular weight is 212 g/mol. The number of aliphatic hydroxyl groups is 5. The molecular weight excluding hydrogens is 196 g/mol. The van der Waals surface area contributed by atoms with Gasteiger partial charge in [-0.2, -0.15) is 0 Å². The number of aliphatic carboxylic acids is 1. The Hall–Kier alpha value is -0.730. The van der Waals surface area contributed by atoms with Crippen LogP contribution in [0, 0.1) is 0 Å². The second-order valence-electron chi connectivity index (χ2n) is 2.37. The zero-order chi connectivity index (χ0) is 11.6. The van der Waals surface area contributed by atoms with Crippen LogP contribution in [0.15, 0.2) is 0 Å². The summed E-state index contributed by atoms with van der Waals surface area (Å²) in [6.45, 7) is -0.787. The molecule has 7 nitrogen and oxygen atoms in total. The molecule has 14 heavy (non-hydrogen) atoms. The molecule has 0 aliphatic heterocycles. The third-order valence-corrected chi connectivity index (χ3v) is 1.09. The van der Waals surface area contributed by atoms with Crippen molar-refractivity contribution in [1.29, 1.82) is 0 Å². The van der Waals surface area contributed by atoms with Crippen LogP contribution in [-0.2, 0) is 4.79 Å². The normalized spacial score (nSPS) is 13.8. The average Bonchev–Trinajstić information content (AvgIpc) is 2.17. The first kappa shape index (κ1) is 15.7. The topological polar surface area (TPSA) is 138 Å². The Labute approximate surface area is 80.9 Å². The number of carboxylic acid groups (broad SMARTS) is 1. The van der Waals surface area contributed by atoms with Gasteiger partial charge >= 0.3 is 5.97 Å². The molecule has 0 radical (unpaired) electrons. The van der Waals surface area contributed by atoms with E-state index in [2.05, 4.69) is 0 Å². The monoisotopic (exact) mass is 212 g/mol. The van der Waals surface area contributed by atoms with Crippen LogP contribution in [-0.4, -0.2) is 68.6 Å². The maximum atomic E-state index is 9.91. The molecule has 0 spiro atoms. The van der Waals surface area contributed by atoms with Crippen molar-refractivity contribution in [2.75, 3.05) is 19.8 Å². The minimum atomic E-state index is -1.60. The molecule has 0 rings (SSSR count). The Kier molecular flexibility index (Phi) is 11.6. The van der Waals surface area contributed by atoms with Gasteiger partial charge in [0.15, 0.2) is 6.10 Å². The SMILES string of the molecule is O=C(O)C(O)CC(O)CO.OCCO. The van der Waals surface area contributed by atoms with Crippen LogP contribution in [0.4, 0.5) is 0 Å². The van der Waals surface area contributed by atoms with Gasteiger partial charge in [0.25, 0.3) is 0 Å². The second kappa shape index (κ2) is 10.4. The molecule has 6 N–H and O–H groups in total. The van der Waals surface area contributed by atoms with E-state index in [0.29, 0.717) is 0 Å². The van der Waals surface area contributed by atoms with Gasteiger partial charge in [-0.3, -0.25) is 0 Å². The van der Waals surface area contributed by atoms with E-state index in [4.69, 9.17) is 30.6 Å². The van der Waals surface area contributed by atoms with Crippen molar-refractivity contribution in [3.63, 3.8) is 0 Å². The van der Waals surface area contributed by atoms with Crippen molar-refractivity contribution >= 4 is 5.97 Å². The van der Waals surface area contributed by atoms with Crippen molar-refractivity contribution < 1.29 is 35.4 Å². The van der Waals surface area contributed by atoms with Gasteiger partial charge in [0.05, 0.1) is 25.9 Å². The highest BCUT2D eigenvalue weighted by atomic mass is 16.4. The van der Waals surface area contributed by atoms with Gasteiger partial charge in [-0.25, -0.2) is 4.79 Å². The molecule has 0 saturated carbocycles. The lowest BCUT2D eigenvalue weighted by atomic mass is 10.2. The molecule has 2 unspecified atom stereocenters. The highest BCUT2D eigenvalue weighted by Crippen LogP contribution is 1.96. The van der Waals surface area contributed by atoms with Gasteiger partial charge in [0.2, 0.25) is 0 Å². The Morgan fingerprint density at radius 3 is 1.71 bits per heavy atom. The number of rotatable bonds is 5. The number of hydrogen-bond donors (Lipinski definition) is 6. The summed E-state index contributed by atoms with van der Waals surface area (Å²) in [4.78, 5) is 9.91. The van der Waals surface area contributed by atoms with Gasteiger partial charge in [0.1, 0.15) is 0 Å². The predicted octanol–water partition coefficient (Wildman–Crippen LogP) is -2.85. The fraction of sp³-hybridized carbons (Fsp3) is 0.857. The Morgan fingerprint density at radius 2 is 1.50 bits per heavy atom. The number of carboxylic acids is 1. The fourth-order valence-corrected chi connectivity index (χ4v) is 0.433. The summed E-state index contributed by atoms with van der Waals surface area (Å²) in [5, 5.41) is 48.7. The summed E-state index contributed by atoms with van der Waals surface area (Å²) in [5.41, 5.74) is 0. The molecular formula is C7H16O7. The minimum Gasteiger partial charge on any atom is -0.479 e. The summed E-state index contributed by atoms with van der Waals surface area (Å²) in [6, 6.07) is 0. The largest absolute Gasteiger partial charge is 0.479 e. The van der Waals surface area contributed by atoms with Crippen LogP contribution in [0.25, 0.3) is 0 Å². The van der Waals surface area contributed by atoms with Gasteiger partial charge in [-0.1, -0.05) is 0 Å². The molecule has 0 aromatic rings. The zero-order valence-corrected chi connectivity index (χ0v) is 7.57. The van der Waals surface area contributed by atoms with E-state index in [1.807, 2.05) is 0 Å². The summed E-state index contributed by atoms with van der Waals surface area (Å²) in [6.07, 6.45) is -3.10. The second-order valence-corrected chi connectivity index (χ2v) is 2.37. The molecule has 86 valence electrons. The lowest BCUT2D eigenvalue weighted by molar-refractivity contribution is -0.148. The zero-order valence-electron chi connectivity index (χ0n) is 7.57. The van der Waals surface area contributed by atoms with Crippen LogP contribution in [0.2, 0.25) is 0 Å². The highest BCUT2D eigenvalue weighted by molar-refractivity contribution is 5.71. The fourth-order valence-electron chi connectivity index (χ4n) is 0.433. The van der Waals surface area contributed by atoms with E-state index in [-0.39, 0.29) is 19.6 Å². The number of carbonyl (C=O) groups is 1. The van der Waals surface area contributed by atoms with Gasteiger partial charge in [-0.15, -0.1) is 0 Å². The first-order valence-corrected chi connectivity index (χ1v) is 3.91. The molecule has 7 heteroatoms. The minimum absolute atomic E-state index is 0.125. The van der Waals surface area contributed by atoms with Gasteiger partial charge in [0, 0.05) is 6.42 Å². The Bertz CT molecular complexity index is 136. The molecule has 2 atom stereocenters. The van der Waals surface area contributed by atoms with Crippen LogP contribution < -0.4 is 0 Å². The lowest BCUT2D eigenvalue weighted by Crippen LogP contribution is -2.27. The van der Waals surface area contributed by atoms with Crippen molar-refractivity contribution in [3.8, 4) is 0 Å². The number of hydrogen-bond acceptors (Lipinski definition) is 6. The smallest absolute Gasteiger partial charge is 0.332 e. The molecule has 0 amide bonds. The molecule has 0 heterocycles. The molecule has 0 aliphatic carbocycles. The van der Waals surface area contributed by atoms with Crippen molar-refractivity contribution in [2.45, 2.75) is 18.6 Å². The van der Waals surface area contributed by atoms with E-state index in [1.165, 1.54) is 0 Å². The van der Waals surface area contributed by atoms with Crippen molar-refractivity contribution in [1.82, 2.24) is 0 Å². The van der Waals surface area contributed by atoms with E-state index >= 15 is 0 Å². The van der Waals surface area contributed by atoms with Gasteiger partial charge in [-0.05, 0) is 0 Å². The maximum Gasteiger partial charge on any atom is 0.332 e. The first-order chi connectivity index (χ1) is 6.49. The van der Waals surface area contributed by atoms with E-state index in [0.717, 1.165) is 0 Å². The van der Waals surface area contributed by atoms with Gasteiger partial charge < -0.3 is 30.6 Å². The van der Waals surface area contributed by atoms with E-state index in [1.54, 1.807) is 0 Å². The van der Waals surface area contributed by atoms with Crippen LogP contribution in [0.1, 0.15) is 6.42 Å². The molecule has 0 saturated heterocycles. The first-order valence-electron chi connectivity index (χ1n) is 3.91. The quantitative estimate of drug-likeness (QED) is 0.288. The third-order valence-electron chi connectivity index (χ3n) is 1.09. The summed E-state index contributed by atoms with van der Waals surface area (Å²) in [5.74, 6) is -1.40. The van der Waals surface area contributed by atoms with Crippen LogP contribution in [0.3, 0.4) is 0 Å². The summed E-state index contributed by atoms with van der Waals surface area (Å²) < 4.78 is 0. The number of aliphatic hydroxyl groups excluding tert-OH is 5. The standard InChI is InChI=1S/C5H10O5.C2H6O2/c6-2-3(7)1-4(8)5(9)10;3-1-2-4/h3-4,6-8H,1-2H2,(H,9,10);3-4H,1-2H2. The summed E-state index contributed by atoms with van der Waals surface area (Å²) in [7, 11) is 0. The highest BCUT2D eigenvalue weighted by Gasteiger charge is 2.16. The van der Waals surface area contributed by atoms with E-state index < -0.39 is 24.8 Å². The lowest BCUT2D eigenvalue weighted by Gasteiger charge is -2.08. The van der Waals surface area contributed by atoms with E-state index in [9.17, 15) is 4.79 Å². The molecule has 0 bridgehead atoms. The van der Waals surface area contributed by atoms with Crippen LogP contribution >= 0.6 is 0 Å². The molecule has 0 aromatic carbocycles. The maximum absolute atomic E-state index is 9.91. The Morgan fingerprint density at radius 1 is 1.07 bits per heavy atom. The predicted molar refractivity (Wildman–Crippen MR) is 45.5 cm³/mol. The third kappa shape index (κ3) is 11.3. The van der Waals surface area contributed by atoms with Crippen LogP contribution in [0.5, 0.6) is 0 Å². The van der Waals surface area contributed by atoms with Crippen molar-refractivity contribution in [3.05, 3.63) is 0 Å². The molecule has 0 aliphatic rings. The Balaban J connectivity index is 0. The summed E-state index contributed by atoms with van der Waals surface area (Å²) >= 11 is 0. The van der Waals surface area contributed by atoms with Crippen molar-refractivity contribution in [2.24, 2.45) is 0 Å². The molecule has 0 fully saturated rings.